The van der Waals surface area contributed by atoms with Crippen LogP contribution in [0, 0.1) is 11.6 Å². The summed E-state index contributed by atoms with van der Waals surface area (Å²) < 4.78 is 30.9. The van der Waals surface area contributed by atoms with Crippen molar-refractivity contribution in [3.8, 4) is 0 Å². The van der Waals surface area contributed by atoms with E-state index in [4.69, 9.17) is 0 Å². The number of hydrogen-bond acceptors (Lipinski definition) is 3. The van der Waals surface area contributed by atoms with Crippen molar-refractivity contribution >= 4 is 11.9 Å². The van der Waals surface area contributed by atoms with Crippen LogP contribution in [-0.2, 0) is 20.7 Å². The van der Waals surface area contributed by atoms with E-state index >= 15 is 0 Å². The smallest absolute Gasteiger partial charge is 0.328 e. The Hall–Kier alpha value is -2.24. The maximum Gasteiger partial charge on any atom is 0.328 e. The topological polar surface area (TPSA) is 55.4 Å². The number of hydrogen-bond donors (Lipinski definition) is 1. The number of unbranched alkanes of at least 4 members (excludes halogenated alkanes) is 1. The number of benzene rings is 1. The normalized spacial score (nSPS) is 11.6. The highest BCUT2D eigenvalue weighted by molar-refractivity contribution is 5.85. The van der Waals surface area contributed by atoms with Gasteiger partial charge in [0.2, 0.25) is 5.91 Å². The van der Waals surface area contributed by atoms with Gasteiger partial charge in [-0.2, -0.15) is 0 Å². The van der Waals surface area contributed by atoms with Crippen molar-refractivity contribution in [3.63, 3.8) is 0 Å². The minimum Gasteiger partial charge on any atom is -0.467 e. The lowest BCUT2D eigenvalue weighted by Gasteiger charge is -2.16. The number of esters is 1. The first-order valence-electron chi connectivity index (χ1n) is 6.90. The van der Waals surface area contributed by atoms with Crippen LogP contribution in [-0.4, -0.2) is 25.0 Å². The van der Waals surface area contributed by atoms with Crippen molar-refractivity contribution in [2.45, 2.75) is 31.7 Å². The number of halogens is 2. The SMILES string of the molecule is C=CCCC[C@@H](NC(=O)Cc1ccc(F)cc1F)C(=O)OC. The third-order valence-electron chi connectivity index (χ3n) is 3.09. The lowest BCUT2D eigenvalue weighted by Crippen LogP contribution is -2.42. The monoisotopic (exact) mass is 311 g/mol. The molecule has 0 aliphatic carbocycles. The van der Waals surface area contributed by atoms with E-state index in [2.05, 4.69) is 16.6 Å². The van der Waals surface area contributed by atoms with Gasteiger partial charge in [0.1, 0.15) is 17.7 Å². The summed E-state index contributed by atoms with van der Waals surface area (Å²) in [6, 6.07) is 2.20. The maximum absolute atomic E-state index is 13.5. The molecule has 0 radical (unpaired) electrons. The fraction of sp³-hybridized carbons (Fsp3) is 0.375. The molecule has 0 aliphatic heterocycles. The van der Waals surface area contributed by atoms with Gasteiger partial charge in [-0.1, -0.05) is 12.1 Å². The first kappa shape index (κ1) is 17.8. The first-order chi connectivity index (χ1) is 10.5. The van der Waals surface area contributed by atoms with Gasteiger partial charge in [-0.3, -0.25) is 4.79 Å². The zero-order valence-corrected chi connectivity index (χ0v) is 12.4. The second-order valence-electron chi connectivity index (χ2n) is 4.78. The molecule has 1 rings (SSSR count). The molecule has 22 heavy (non-hydrogen) atoms. The van der Waals surface area contributed by atoms with E-state index < -0.39 is 29.6 Å². The molecule has 0 fully saturated rings. The van der Waals surface area contributed by atoms with Gasteiger partial charge in [-0.25, -0.2) is 13.6 Å². The van der Waals surface area contributed by atoms with Crippen LogP contribution in [0.25, 0.3) is 0 Å². The van der Waals surface area contributed by atoms with E-state index in [-0.39, 0.29) is 12.0 Å². The summed E-state index contributed by atoms with van der Waals surface area (Å²) >= 11 is 0. The molecule has 0 aromatic heterocycles. The highest BCUT2D eigenvalue weighted by atomic mass is 19.1. The molecule has 1 atom stereocenters. The van der Waals surface area contributed by atoms with Gasteiger partial charge in [0.05, 0.1) is 13.5 Å². The summed E-state index contributed by atoms with van der Waals surface area (Å²) in [4.78, 5) is 23.5. The van der Waals surface area contributed by atoms with Crippen LogP contribution in [0.4, 0.5) is 8.78 Å². The number of carbonyl (C=O) groups excluding carboxylic acids is 2. The van der Waals surface area contributed by atoms with Crippen molar-refractivity contribution < 1.29 is 23.1 Å². The van der Waals surface area contributed by atoms with Gasteiger partial charge in [-0.15, -0.1) is 6.58 Å². The number of nitrogens with one attached hydrogen (secondary N) is 1. The molecular formula is C16H19F2NO3. The Bertz CT molecular complexity index is 546. The van der Waals surface area contributed by atoms with Gasteiger partial charge in [0.25, 0.3) is 0 Å². The quantitative estimate of drug-likeness (QED) is 0.456. The van der Waals surface area contributed by atoms with Crippen LogP contribution in [0.1, 0.15) is 24.8 Å². The molecular weight excluding hydrogens is 292 g/mol. The molecule has 1 aromatic carbocycles. The number of allylic oxidation sites excluding steroid dienone is 1. The molecule has 0 aliphatic rings. The Balaban J connectivity index is 2.65. The molecule has 6 heteroatoms. The average molecular weight is 311 g/mol. The molecule has 0 bridgehead atoms. The van der Waals surface area contributed by atoms with Crippen LogP contribution < -0.4 is 5.32 Å². The molecule has 0 heterocycles. The van der Waals surface area contributed by atoms with Gasteiger partial charge in [0, 0.05) is 6.07 Å². The number of ether oxygens (including phenoxy) is 1. The fourth-order valence-electron chi connectivity index (χ4n) is 1.94. The van der Waals surface area contributed by atoms with E-state index in [9.17, 15) is 18.4 Å². The molecule has 0 saturated heterocycles. The summed E-state index contributed by atoms with van der Waals surface area (Å²) in [5, 5.41) is 2.51. The maximum atomic E-state index is 13.5. The first-order valence-corrected chi connectivity index (χ1v) is 6.90. The molecule has 1 N–H and O–H groups in total. The minimum atomic E-state index is -0.795. The van der Waals surface area contributed by atoms with Crippen molar-refractivity contribution in [3.05, 3.63) is 48.1 Å². The van der Waals surface area contributed by atoms with Gasteiger partial charge in [0.15, 0.2) is 0 Å². The molecule has 0 spiro atoms. The van der Waals surface area contributed by atoms with Gasteiger partial charge in [-0.05, 0) is 30.9 Å². The lowest BCUT2D eigenvalue weighted by molar-refractivity contribution is -0.145. The Morgan fingerprint density at radius 2 is 2.14 bits per heavy atom. The van der Waals surface area contributed by atoms with Crippen molar-refractivity contribution in [2.24, 2.45) is 0 Å². The van der Waals surface area contributed by atoms with E-state index in [1.807, 2.05) is 0 Å². The summed E-state index contributed by atoms with van der Waals surface area (Å²) in [7, 11) is 1.23. The second-order valence-corrected chi connectivity index (χ2v) is 4.78. The highest BCUT2D eigenvalue weighted by Gasteiger charge is 2.21. The summed E-state index contributed by atoms with van der Waals surface area (Å²) in [5.41, 5.74) is 0.0635. The predicted octanol–water partition coefficient (Wildman–Crippen LogP) is 2.52. The highest BCUT2D eigenvalue weighted by Crippen LogP contribution is 2.11. The van der Waals surface area contributed by atoms with Crippen molar-refractivity contribution in [2.75, 3.05) is 7.11 Å². The number of rotatable bonds is 8. The lowest BCUT2D eigenvalue weighted by atomic mass is 10.1. The van der Waals surface area contributed by atoms with E-state index in [1.165, 1.54) is 13.2 Å². The third kappa shape index (κ3) is 5.63. The number of carbonyl (C=O) groups is 2. The zero-order chi connectivity index (χ0) is 16.5. The van der Waals surface area contributed by atoms with Crippen LogP contribution in [0.2, 0.25) is 0 Å². The van der Waals surface area contributed by atoms with E-state index in [1.54, 1.807) is 6.08 Å². The van der Waals surface area contributed by atoms with Gasteiger partial charge < -0.3 is 10.1 Å². The third-order valence-corrected chi connectivity index (χ3v) is 3.09. The fourth-order valence-corrected chi connectivity index (χ4v) is 1.94. The Kier molecular flexibility index (Phi) is 7.22. The number of amides is 1. The summed E-state index contributed by atoms with van der Waals surface area (Å²) in [5.74, 6) is -2.59. The van der Waals surface area contributed by atoms with E-state index in [0.717, 1.165) is 6.07 Å². The van der Waals surface area contributed by atoms with Gasteiger partial charge >= 0.3 is 5.97 Å². The Morgan fingerprint density at radius 1 is 1.41 bits per heavy atom. The van der Waals surface area contributed by atoms with Crippen molar-refractivity contribution in [1.29, 1.82) is 0 Å². The predicted molar refractivity (Wildman–Crippen MR) is 78.1 cm³/mol. The standard InChI is InChI=1S/C16H19F2NO3/c1-3-4-5-6-14(16(21)22-2)19-15(20)9-11-7-8-12(17)10-13(11)18/h3,7-8,10,14H,1,4-6,9H2,2H3,(H,19,20)/t14-/m1/s1. The van der Waals surface area contributed by atoms with Crippen LogP contribution in [0.3, 0.4) is 0 Å². The molecule has 1 aromatic rings. The molecule has 0 saturated carbocycles. The molecule has 1 amide bonds. The number of methoxy groups -OCH3 is 1. The summed E-state index contributed by atoms with van der Waals surface area (Å²) in [6.45, 7) is 3.58. The van der Waals surface area contributed by atoms with Crippen LogP contribution in [0.15, 0.2) is 30.9 Å². The largest absolute Gasteiger partial charge is 0.467 e. The van der Waals surface area contributed by atoms with Crippen LogP contribution in [0.5, 0.6) is 0 Å². The minimum absolute atomic E-state index is 0.0635. The molecule has 120 valence electrons. The van der Waals surface area contributed by atoms with Crippen molar-refractivity contribution in [1.82, 2.24) is 5.32 Å². The molecule has 4 nitrogen and oxygen atoms in total. The van der Waals surface area contributed by atoms with E-state index in [0.29, 0.717) is 25.3 Å². The summed E-state index contributed by atoms with van der Waals surface area (Å²) in [6.07, 6.45) is 3.20. The average Bonchev–Trinajstić information content (AvgIpc) is 2.48. The molecule has 0 unspecified atom stereocenters. The van der Waals surface area contributed by atoms with Crippen LogP contribution >= 0.6 is 0 Å². The zero-order valence-electron chi connectivity index (χ0n) is 12.4. The Labute approximate surface area is 128 Å². The Morgan fingerprint density at radius 3 is 2.73 bits per heavy atom. The second kappa shape index (κ2) is 8.92.